The highest BCUT2D eigenvalue weighted by molar-refractivity contribution is 7.89. The van der Waals surface area contributed by atoms with Crippen LogP contribution in [0.4, 0.5) is 10.1 Å². The Morgan fingerprint density at radius 3 is 2.62 bits per heavy atom. The maximum absolute atomic E-state index is 13.2. The van der Waals surface area contributed by atoms with Crippen molar-refractivity contribution in [3.63, 3.8) is 0 Å². The molecule has 2 rings (SSSR count). The Labute approximate surface area is 123 Å². The van der Waals surface area contributed by atoms with Crippen LogP contribution >= 0.6 is 0 Å². The zero-order chi connectivity index (χ0) is 15.5. The van der Waals surface area contributed by atoms with E-state index in [2.05, 4.69) is 4.98 Å². The van der Waals surface area contributed by atoms with Crippen molar-refractivity contribution in [3.8, 4) is 0 Å². The van der Waals surface area contributed by atoms with E-state index in [0.29, 0.717) is 5.69 Å². The van der Waals surface area contributed by atoms with Crippen LogP contribution in [-0.2, 0) is 16.6 Å². The predicted octanol–water partition coefficient (Wildman–Crippen LogP) is 2.01. The quantitative estimate of drug-likeness (QED) is 0.857. The summed E-state index contributed by atoms with van der Waals surface area (Å²) in [6, 6.07) is 8.69. The average Bonchev–Trinajstić information content (AvgIpc) is 2.48. The van der Waals surface area contributed by atoms with Crippen molar-refractivity contribution in [2.75, 3.05) is 12.3 Å². The monoisotopic (exact) mass is 309 g/mol. The smallest absolute Gasteiger partial charge is 0.243 e. The molecule has 0 aliphatic carbocycles. The van der Waals surface area contributed by atoms with E-state index in [1.54, 1.807) is 31.3 Å². The highest BCUT2D eigenvalue weighted by Gasteiger charge is 2.24. The van der Waals surface area contributed by atoms with Crippen molar-refractivity contribution in [1.82, 2.24) is 9.29 Å². The number of nitrogens with two attached hydrogens (primary N) is 1. The van der Waals surface area contributed by atoms with Gasteiger partial charge in [0.15, 0.2) is 0 Å². The van der Waals surface area contributed by atoms with Crippen LogP contribution < -0.4 is 5.73 Å². The van der Waals surface area contributed by atoms with Crippen molar-refractivity contribution in [2.45, 2.75) is 18.4 Å². The number of hydrogen-bond donors (Lipinski definition) is 1. The Morgan fingerprint density at radius 2 is 2.05 bits per heavy atom. The molecule has 0 bridgehead atoms. The van der Waals surface area contributed by atoms with Crippen molar-refractivity contribution in [1.29, 1.82) is 0 Å². The molecule has 0 spiro atoms. The Hall–Kier alpha value is -1.99. The van der Waals surface area contributed by atoms with Gasteiger partial charge in [0, 0.05) is 12.7 Å². The molecule has 1 heterocycles. The van der Waals surface area contributed by atoms with Crippen molar-refractivity contribution < 1.29 is 12.8 Å². The Morgan fingerprint density at radius 1 is 1.29 bits per heavy atom. The summed E-state index contributed by atoms with van der Waals surface area (Å²) in [5.41, 5.74) is 5.89. The van der Waals surface area contributed by atoms with Crippen molar-refractivity contribution >= 4 is 15.7 Å². The van der Waals surface area contributed by atoms with Gasteiger partial charge in [-0.1, -0.05) is 13.0 Å². The summed E-state index contributed by atoms with van der Waals surface area (Å²) in [6.45, 7) is 2.15. The molecule has 0 aliphatic rings. The Kier molecular flexibility index (Phi) is 4.54. The van der Waals surface area contributed by atoms with Crippen LogP contribution in [0.3, 0.4) is 0 Å². The molecule has 0 atom stereocenters. The lowest BCUT2D eigenvalue weighted by molar-refractivity contribution is 0.419. The fourth-order valence-corrected chi connectivity index (χ4v) is 3.33. The van der Waals surface area contributed by atoms with Gasteiger partial charge in [-0.25, -0.2) is 12.8 Å². The second kappa shape index (κ2) is 6.19. The van der Waals surface area contributed by atoms with Crippen LogP contribution in [0.15, 0.2) is 47.5 Å². The third-order valence-electron chi connectivity index (χ3n) is 3.02. The maximum atomic E-state index is 13.2. The molecule has 1 aromatic heterocycles. The molecule has 2 N–H and O–H groups in total. The summed E-state index contributed by atoms with van der Waals surface area (Å²) in [6.07, 6.45) is 1.60. The van der Waals surface area contributed by atoms with Crippen LogP contribution in [0.1, 0.15) is 12.6 Å². The number of rotatable bonds is 5. The van der Waals surface area contributed by atoms with Gasteiger partial charge < -0.3 is 5.73 Å². The predicted molar refractivity (Wildman–Crippen MR) is 78.3 cm³/mol. The summed E-state index contributed by atoms with van der Waals surface area (Å²) in [4.78, 5) is 4.09. The molecule has 0 fully saturated rings. The second-order valence-corrected chi connectivity index (χ2v) is 6.37. The van der Waals surface area contributed by atoms with E-state index in [1.165, 1.54) is 10.4 Å². The third-order valence-corrected chi connectivity index (χ3v) is 4.94. The molecule has 0 saturated heterocycles. The Balaban J connectivity index is 2.33. The van der Waals surface area contributed by atoms with E-state index in [-0.39, 0.29) is 23.7 Å². The van der Waals surface area contributed by atoms with Gasteiger partial charge in [0.25, 0.3) is 0 Å². The first kappa shape index (κ1) is 15.4. The first-order chi connectivity index (χ1) is 9.95. The largest absolute Gasteiger partial charge is 0.396 e. The van der Waals surface area contributed by atoms with Gasteiger partial charge in [0.1, 0.15) is 5.82 Å². The summed E-state index contributed by atoms with van der Waals surface area (Å²) in [7, 11) is -3.74. The maximum Gasteiger partial charge on any atom is 0.243 e. The molecule has 21 heavy (non-hydrogen) atoms. The molecule has 0 unspecified atom stereocenters. The minimum Gasteiger partial charge on any atom is -0.396 e. The summed E-state index contributed by atoms with van der Waals surface area (Å²) in [5.74, 6) is -0.637. The van der Waals surface area contributed by atoms with Gasteiger partial charge in [0.05, 0.1) is 22.8 Å². The van der Waals surface area contributed by atoms with E-state index in [9.17, 15) is 12.8 Å². The normalized spacial score (nSPS) is 11.8. The minimum atomic E-state index is -3.74. The molecule has 5 nitrogen and oxygen atoms in total. The lowest BCUT2D eigenvalue weighted by Crippen LogP contribution is -2.30. The topological polar surface area (TPSA) is 76.3 Å². The minimum absolute atomic E-state index is 0.0285. The molecule has 0 aliphatic heterocycles. The van der Waals surface area contributed by atoms with Gasteiger partial charge in [-0.2, -0.15) is 4.31 Å². The third kappa shape index (κ3) is 3.37. The van der Waals surface area contributed by atoms with Crippen LogP contribution in [0.5, 0.6) is 0 Å². The number of benzene rings is 1. The average molecular weight is 309 g/mol. The van der Waals surface area contributed by atoms with Gasteiger partial charge >= 0.3 is 0 Å². The summed E-state index contributed by atoms with van der Waals surface area (Å²) < 4.78 is 39.5. The van der Waals surface area contributed by atoms with Gasteiger partial charge in [-0.15, -0.1) is 0 Å². The van der Waals surface area contributed by atoms with Gasteiger partial charge in [-0.05, 0) is 30.3 Å². The molecule has 0 amide bonds. The van der Waals surface area contributed by atoms with Gasteiger partial charge in [-0.3, -0.25) is 4.98 Å². The number of nitrogens with zero attached hydrogens (tertiary/aromatic N) is 2. The second-order valence-electron chi connectivity index (χ2n) is 4.44. The standard InChI is InChI=1S/C14H16FN3O2S/c1-2-18(10-11-5-3-4-8-17-11)21(19,20)12-6-7-13(15)14(16)9-12/h3-9H,2,10,16H2,1H3. The first-order valence-electron chi connectivity index (χ1n) is 6.40. The van der Waals surface area contributed by atoms with Gasteiger partial charge in [0.2, 0.25) is 10.0 Å². The highest BCUT2D eigenvalue weighted by atomic mass is 32.2. The van der Waals surface area contributed by atoms with Crippen LogP contribution in [0, 0.1) is 5.82 Å². The van der Waals surface area contributed by atoms with Crippen LogP contribution in [-0.4, -0.2) is 24.3 Å². The zero-order valence-electron chi connectivity index (χ0n) is 11.5. The lowest BCUT2D eigenvalue weighted by Gasteiger charge is -2.20. The van der Waals surface area contributed by atoms with E-state index >= 15 is 0 Å². The fraction of sp³-hybridized carbons (Fsp3) is 0.214. The number of hydrogen-bond acceptors (Lipinski definition) is 4. The molecule has 2 aromatic rings. The molecule has 0 saturated carbocycles. The number of aromatic nitrogens is 1. The lowest BCUT2D eigenvalue weighted by atomic mass is 10.3. The highest BCUT2D eigenvalue weighted by Crippen LogP contribution is 2.21. The van der Waals surface area contributed by atoms with E-state index in [0.717, 1.165) is 12.1 Å². The summed E-state index contributed by atoms with van der Waals surface area (Å²) in [5, 5.41) is 0. The fourth-order valence-electron chi connectivity index (χ4n) is 1.87. The van der Waals surface area contributed by atoms with E-state index in [1.807, 2.05) is 0 Å². The summed E-state index contributed by atoms with van der Waals surface area (Å²) >= 11 is 0. The number of halogens is 1. The SMILES string of the molecule is CCN(Cc1ccccn1)S(=O)(=O)c1ccc(F)c(N)c1. The van der Waals surface area contributed by atoms with E-state index in [4.69, 9.17) is 5.73 Å². The number of pyridine rings is 1. The number of nitrogen functional groups attached to an aromatic ring is 1. The molecule has 0 radical (unpaired) electrons. The molecular weight excluding hydrogens is 293 g/mol. The van der Waals surface area contributed by atoms with Crippen LogP contribution in [0.25, 0.3) is 0 Å². The molecule has 112 valence electrons. The molecule has 7 heteroatoms. The van der Waals surface area contributed by atoms with Crippen molar-refractivity contribution in [3.05, 3.63) is 54.1 Å². The van der Waals surface area contributed by atoms with Crippen molar-refractivity contribution in [2.24, 2.45) is 0 Å². The number of anilines is 1. The van der Waals surface area contributed by atoms with E-state index < -0.39 is 15.8 Å². The number of sulfonamides is 1. The molecular formula is C14H16FN3O2S. The van der Waals surface area contributed by atoms with Crippen LogP contribution in [0.2, 0.25) is 0 Å². The first-order valence-corrected chi connectivity index (χ1v) is 7.84. The zero-order valence-corrected chi connectivity index (χ0v) is 12.3. The molecule has 1 aromatic carbocycles. The Bertz CT molecular complexity index is 720.